The van der Waals surface area contributed by atoms with E-state index in [0.29, 0.717) is 6.54 Å². The van der Waals surface area contributed by atoms with Crippen molar-refractivity contribution < 1.29 is 0 Å². The molecule has 0 aliphatic heterocycles. The normalized spacial score (nSPS) is 11.0. The molecule has 0 aliphatic carbocycles. The molecule has 2 aromatic carbocycles. The van der Waals surface area contributed by atoms with Crippen LogP contribution in [0.4, 0.5) is 0 Å². The minimum atomic E-state index is 0.630. The van der Waals surface area contributed by atoms with Gasteiger partial charge in [0.15, 0.2) is 0 Å². The van der Waals surface area contributed by atoms with Gasteiger partial charge in [0.05, 0.1) is 0 Å². The fourth-order valence-electron chi connectivity index (χ4n) is 2.11. The molecule has 3 rings (SSSR count). The molecule has 0 saturated carbocycles. The summed E-state index contributed by atoms with van der Waals surface area (Å²) in [5, 5.41) is 13.0. The Balaban J connectivity index is 1.83. The van der Waals surface area contributed by atoms with Crippen LogP contribution in [0.25, 0.3) is 10.8 Å². The molecule has 0 unspecified atom stereocenters. The van der Waals surface area contributed by atoms with Crippen LogP contribution < -0.4 is 5.73 Å². The molecule has 4 heteroatoms. The number of hydrogen-bond donors (Lipinski definition) is 1. The number of benzene rings is 2. The second-order valence-electron chi connectivity index (χ2n) is 4.49. The first-order chi connectivity index (χ1) is 9.35. The zero-order valence-corrected chi connectivity index (χ0v) is 11.4. The number of fused-ring (bicyclic) bond motifs is 1. The Morgan fingerprint density at radius 2 is 1.74 bits per heavy atom. The highest BCUT2D eigenvalue weighted by molar-refractivity contribution is 7.11. The number of nitrogens with two attached hydrogens (primary N) is 1. The summed E-state index contributed by atoms with van der Waals surface area (Å²) >= 11 is 1.66. The van der Waals surface area contributed by atoms with Crippen LogP contribution in [0.5, 0.6) is 0 Å². The molecule has 0 bridgehead atoms. The quantitative estimate of drug-likeness (QED) is 0.792. The van der Waals surface area contributed by atoms with Gasteiger partial charge in [-0.3, -0.25) is 0 Å². The van der Waals surface area contributed by atoms with Crippen molar-refractivity contribution >= 4 is 22.1 Å². The fraction of sp³-hybridized carbons (Fsp3) is 0.200. The van der Waals surface area contributed by atoms with E-state index in [1.165, 1.54) is 16.3 Å². The highest BCUT2D eigenvalue weighted by atomic mass is 32.1. The van der Waals surface area contributed by atoms with Gasteiger partial charge < -0.3 is 5.73 Å². The van der Waals surface area contributed by atoms with Crippen LogP contribution in [0, 0.1) is 0 Å². The summed E-state index contributed by atoms with van der Waals surface area (Å²) in [7, 11) is 0. The Hall–Kier alpha value is -1.78. The van der Waals surface area contributed by atoms with Gasteiger partial charge in [-0.15, -0.1) is 21.5 Å². The average molecular weight is 269 g/mol. The zero-order valence-electron chi connectivity index (χ0n) is 10.5. The summed E-state index contributed by atoms with van der Waals surface area (Å²) in [6, 6.07) is 14.9. The monoisotopic (exact) mass is 269 g/mol. The molecule has 0 atom stereocenters. The highest BCUT2D eigenvalue weighted by Gasteiger charge is 2.05. The molecule has 0 amide bonds. The molecule has 0 radical (unpaired) electrons. The predicted molar refractivity (Wildman–Crippen MR) is 79.4 cm³/mol. The van der Waals surface area contributed by atoms with E-state index in [1.54, 1.807) is 11.3 Å². The first-order valence-electron chi connectivity index (χ1n) is 6.34. The third kappa shape index (κ3) is 2.80. The highest BCUT2D eigenvalue weighted by Crippen LogP contribution is 2.19. The Morgan fingerprint density at radius 3 is 2.58 bits per heavy atom. The van der Waals surface area contributed by atoms with Crippen LogP contribution in [0.3, 0.4) is 0 Å². The lowest BCUT2D eigenvalue weighted by atomic mass is 10.1. The van der Waals surface area contributed by atoms with E-state index in [-0.39, 0.29) is 0 Å². The van der Waals surface area contributed by atoms with Gasteiger partial charge in [0.2, 0.25) is 0 Å². The van der Waals surface area contributed by atoms with E-state index < -0.39 is 0 Å². The van der Waals surface area contributed by atoms with Gasteiger partial charge in [-0.05, 0) is 22.9 Å². The summed E-state index contributed by atoms with van der Waals surface area (Å²) < 4.78 is 0. The average Bonchev–Trinajstić information content (AvgIpc) is 2.86. The molecule has 19 heavy (non-hydrogen) atoms. The second-order valence-corrected chi connectivity index (χ2v) is 5.63. The summed E-state index contributed by atoms with van der Waals surface area (Å²) in [6.07, 6.45) is 1.66. The van der Waals surface area contributed by atoms with E-state index >= 15 is 0 Å². The van der Waals surface area contributed by atoms with Gasteiger partial charge in [-0.2, -0.15) is 0 Å². The molecule has 3 aromatic rings. The van der Waals surface area contributed by atoms with Gasteiger partial charge in [0.25, 0.3) is 0 Å². The maximum atomic E-state index is 5.52. The summed E-state index contributed by atoms with van der Waals surface area (Å²) in [5.74, 6) is 0. The van der Waals surface area contributed by atoms with Crippen molar-refractivity contribution in [3.05, 3.63) is 58.0 Å². The Bertz CT molecular complexity index is 690. The molecular formula is C15H15N3S. The number of nitrogens with zero attached hydrogens (tertiary/aromatic N) is 2. The van der Waals surface area contributed by atoms with Crippen molar-refractivity contribution in [2.45, 2.75) is 12.8 Å². The topological polar surface area (TPSA) is 51.8 Å². The smallest absolute Gasteiger partial charge is 0.121 e. The van der Waals surface area contributed by atoms with Crippen LogP contribution >= 0.6 is 11.3 Å². The minimum Gasteiger partial charge on any atom is -0.330 e. The molecule has 0 fully saturated rings. The minimum absolute atomic E-state index is 0.630. The molecule has 0 spiro atoms. The Labute approximate surface area is 116 Å². The van der Waals surface area contributed by atoms with Crippen LogP contribution in [-0.2, 0) is 12.8 Å². The van der Waals surface area contributed by atoms with E-state index in [1.807, 2.05) is 0 Å². The Morgan fingerprint density at radius 1 is 0.947 bits per heavy atom. The van der Waals surface area contributed by atoms with E-state index in [2.05, 4.69) is 52.7 Å². The zero-order chi connectivity index (χ0) is 13.1. The molecular weight excluding hydrogens is 254 g/mol. The van der Waals surface area contributed by atoms with Gasteiger partial charge >= 0.3 is 0 Å². The largest absolute Gasteiger partial charge is 0.330 e. The fourth-order valence-corrected chi connectivity index (χ4v) is 3.00. The maximum Gasteiger partial charge on any atom is 0.121 e. The van der Waals surface area contributed by atoms with Crippen LogP contribution in [-0.4, -0.2) is 16.7 Å². The van der Waals surface area contributed by atoms with Crippen molar-refractivity contribution in [1.29, 1.82) is 0 Å². The van der Waals surface area contributed by atoms with E-state index in [0.717, 1.165) is 22.9 Å². The summed E-state index contributed by atoms with van der Waals surface area (Å²) in [6.45, 7) is 0.630. The molecule has 1 heterocycles. The third-order valence-corrected chi connectivity index (χ3v) is 4.02. The predicted octanol–water partition coefficient (Wildman–Crippen LogP) is 2.78. The maximum absolute atomic E-state index is 5.52. The third-order valence-electron chi connectivity index (χ3n) is 3.04. The van der Waals surface area contributed by atoms with Crippen molar-refractivity contribution in [2.75, 3.05) is 6.54 Å². The SMILES string of the molecule is NCCc1nnc(Cc2ccc3ccccc3c2)s1. The summed E-state index contributed by atoms with van der Waals surface area (Å²) in [5.41, 5.74) is 6.80. The first-order valence-corrected chi connectivity index (χ1v) is 7.16. The van der Waals surface area contributed by atoms with Gasteiger partial charge in [-0.25, -0.2) is 0 Å². The molecule has 1 aromatic heterocycles. The molecule has 2 N–H and O–H groups in total. The molecule has 0 aliphatic rings. The van der Waals surface area contributed by atoms with Crippen molar-refractivity contribution in [3.8, 4) is 0 Å². The van der Waals surface area contributed by atoms with Crippen LogP contribution in [0.2, 0.25) is 0 Å². The Kier molecular flexibility index (Phi) is 3.53. The first kappa shape index (κ1) is 12.3. The standard InChI is InChI=1S/C15H15N3S/c16-8-7-14-17-18-15(19-14)10-11-5-6-12-3-1-2-4-13(12)9-11/h1-6,9H,7-8,10,16H2. The number of aromatic nitrogens is 2. The summed E-state index contributed by atoms with van der Waals surface area (Å²) in [4.78, 5) is 0. The van der Waals surface area contributed by atoms with Gasteiger partial charge in [-0.1, -0.05) is 42.5 Å². The van der Waals surface area contributed by atoms with E-state index in [4.69, 9.17) is 5.73 Å². The number of hydrogen-bond acceptors (Lipinski definition) is 4. The van der Waals surface area contributed by atoms with Gasteiger partial charge in [0, 0.05) is 12.8 Å². The van der Waals surface area contributed by atoms with Crippen molar-refractivity contribution in [2.24, 2.45) is 5.73 Å². The lowest BCUT2D eigenvalue weighted by molar-refractivity contribution is 0.898. The molecule has 96 valence electrons. The molecule has 3 nitrogen and oxygen atoms in total. The lowest BCUT2D eigenvalue weighted by Gasteiger charge is -2.01. The van der Waals surface area contributed by atoms with Crippen LogP contribution in [0.1, 0.15) is 15.6 Å². The van der Waals surface area contributed by atoms with Crippen LogP contribution in [0.15, 0.2) is 42.5 Å². The van der Waals surface area contributed by atoms with E-state index in [9.17, 15) is 0 Å². The second kappa shape index (κ2) is 5.47. The van der Waals surface area contributed by atoms with Crippen molar-refractivity contribution in [3.63, 3.8) is 0 Å². The molecule has 0 saturated heterocycles. The van der Waals surface area contributed by atoms with Crippen molar-refractivity contribution in [1.82, 2.24) is 10.2 Å². The van der Waals surface area contributed by atoms with Gasteiger partial charge in [0.1, 0.15) is 10.0 Å². The lowest BCUT2D eigenvalue weighted by Crippen LogP contribution is -2.01. The number of rotatable bonds is 4.